The van der Waals surface area contributed by atoms with Crippen LogP contribution in [0.15, 0.2) is 85.1 Å². The first-order valence-electron chi connectivity index (χ1n) is 11.3. The van der Waals surface area contributed by atoms with E-state index in [4.69, 9.17) is 4.98 Å². The number of fused-ring (bicyclic) bond motifs is 2. The molecule has 166 valence electrons. The van der Waals surface area contributed by atoms with Crippen molar-refractivity contribution in [3.05, 3.63) is 102 Å². The van der Waals surface area contributed by atoms with Crippen LogP contribution >= 0.6 is 0 Å². The minimum atomic E-state index is -0.378. The molecule has 0 aliphatic carbocycles. The molecule has 5 aromatic rings. The lowest BCUT2D eigenvalue weighted by Crippen LogP contribution is -2.44. The van der Waals surface area contributed by atoms with Crippen LogP contribution in [-0.4, -0.2) is 31.9 Å². The minimum Gasteiger partial charge on any atom is -0.258 e. The lowest BCUT2D eigenvalue weighted by molar-refractivity contribution is -0.552. The van der Waals surface area contributed by atoms with Crippen LogP contribution in [0.1, 0.15) is 21.6 Å². The molecule has 0 spiro atoms. The van der Waals surface area contributed by atoms with E-state index in [2.05, 4.69) is 27.8 Å². The Labute approximate surface area is 196 Å². The van der Waals surface area contributed by atoms with Gasteiger partial charge in [-0.05, 0) is 23.3 Å². The van der Waals surface area contributed by atoms with Gasteiger partial charge in [-0.25, -0.2) is 14.5 Å². The molecule has 1 aliphatic heterocycles. The van der Waals surface area contributed by atoms with Gasteiger partial charge in [0, 0.05) is 25.5 Å². The molecule has 6 rings (SSSR count). The summed E-state index contributed by atoms with van der Waals surface area (Å²) in [5, 5.41) is 11.8. The Morgan fingerprint density at radius 1 is 0.971 bits per heavy atom. The number of aromatic nitrogens is 5. The molecule has 3 heterocycles. The van der Waals surface area contributed by atoms with Crippen LogP contribution in [0.2, 0.25) is 0 Å². The molecule has 34 heavy (non-hydrogen) atoms. The van der Waals surface area contributed by atoms with Gasteiger partial charge >= 0.3 is 11.7 Å². The molecule has 7 heteroatoms. The first-order valence-corrected chi connectivity index (χ1v) is 11.3. The second-order valence-corrected chi connectivity index (χ2v) is 8.60. The van der Waals surface area contributed by atoms with E-state index in [1.807, 2.05) is 80.0 Å². The zero-order valence-electron chi connectivity index (χ0n) is 18.7. The van der Waals surface area contributed by atoms with Crippen molar-refractivity contribution >= 4 is 22.8 Å². The zero-order chi connectivity index (χ0) is 23.1. The second kappa shape index (κ2) is 8.19. The summed E-state index contributed by atoms with van der Waals surface area (Å²) in [6, 6.07) is 25.8. The van der Waals surface area contributed by atoms with Crippen molar-refractivity contribution in [2.75, 3.05) is 5.32 Å². The zero-order valence-corrected chi connectivity index (χ0v) is 18.7. The molecule has 0 saturated carbocycles. The number of rotatable bonds is 5. The lowest BCUT2D eigenvalue weighted by atomic mass is 10.1. The Kier molecular flexibility index (Phi) is 4.87. The van der Waals surface area contributed by atoms with Gasteiger partial charge in [0.2, 0.25) is 0 Å². The van der Waals surface area contributed by atoms with Gasteiger partial charge < -0.3 is 0 Å². The third-order valence-corrected chi connectivity index (χ3v) is 6.27. The highest BCUT2D eigenvalue weighted by Gasteiger charge is 2.41. The minimum absolute atomic E-state index is 0.0168. The van der Waals surface area contributed by atoms with Crippen LogP contribution in [0.5, 0.6) is 0 Å². The standard InChI is InChI=1S/C27H22N6O/c1-32-25-13-12-19(15-21(25)30-31-32)16-23-27(34)33-17-24(20-10-6-3-7-11-20)28-22(26(33)29-23)14-18-8-4-2-5-9-18/h2-13,15,17,23H,14,16H2,1H3/p+1. The first kappa shape index (κ1) is 20.2. The number of benzene rings is 3. The summed E-state index contributed by atoms with van der Waals surface area (Å²) in [6.07, 6.45) is 3.04. The van der Waals surface area contributed by atoms with Gasteiger partial charge in [-0.2, -0.15) is 4.57 Å². The van der Waals surface area contributed by atoms with Crippen molar-refractivity contribution in [1.29, 1.82) is 0 Å². The summed E-state index contributed by atoms with van der Waals surface area (Å²) in [5.74, 6) is 0.780. The average Bonchev–Trinajstić information content (AvgIpc) is 3.40. The number of nitrogens with one attached hydrogen (secondary N) is 1. The van der Waals surface area contributed by atoms with Gasteiger partial charge in [-0.3, -0.25) is 5.32 Å². The summed E-state index contributed by atoms with van der Waals surface area (Å²) in [4.78, 5) is 18.5. The van der Waals surface area contributed by atoms with Crippen molar-refractivity contribution in [2.45, 2.75) is 18.9 Å². The van der Waals surface area contributed by atoms with Gasteiger partial charge in [0.1, 0.15) is 23.1 Å². The highest BCUT2D eigenvalue weighted by molar-refractivity contribution is 5.83. The van der Waals surface area contributed by atoms with E-state index in [1.54, 1.807) is 9.25 Å². The number of nitrogens with zero attached hydrogens (tertiary/aromatic N) is 5. The lowest BCUT2D eigenvalue weighted by Gasteiger charge is -2.07. The van der Waals surface area contributed by atoms with Gasteiger partial charge in [-0.1, -0.05) is 71.9 Å². The molecule has 1 atom stereocenters. The highest BCUT2D eigenvalue weighted by Crippen LogP contribution is 2.25. The van der Waals surface area contributed by atoms with E-state index >= 15 is 0 Å². The maximum atomic E-state index is 13.5. The van der Waals surface area contributed by atoms with Crippen molar-refractivity contribution in [3.8, 4) is 11.3 Å². The van der Waals surface area contributed by atoms with E-state index in [1.165, 1.54) is 0 Å². The molecule has 1 unspecified atom stereocenters. The van der Waals surface area contributed by atoms with E-state index in [0.717, 1.165) is 44.9 Å². The van der Waals surface area contributed by atoms with Crippen LogP contribution in [0, 0.1) is 0 Å². The monoisotopic (exact) mass is 447 g/mol. The fourth-order valence-electron chi connectivity index (χ4n) is 4.52. The van der Waals surface area contributed by atoms with Crippen LogP contribution in [0.4, 0.5) is 5.82 Å². The maximum absolute atomic E-state index is 13.5. The predicted octanol–water partition coefficient (Wildman–Crippen LogP) is 3.59. The fraction of sp³-hybridized carbons (Fsp3) is 0.148. The molecular weight excluding hydrogens is 424 g/mol. The molecule has 1 aliphatic rings. The number of hydrogen-bond donors (Lipinski definition) is 1. The summed E-state index contributed by atoms with van der Waals surface area (Å²) in [7, 11) is 1.87. The SMILES string of the molecule is Cn1nnc2cc(CC3Nc4c(Cc5ccccc5)nc(-c5ccccc5)c[n+]4C3=O)ccc21. The quantitative estimate of drug-likeness (QED) is 0.417. The van der Waals surface area contributed by atoms with Gasteiger partial charge in [-0.15, -0.1) is 5.10 Å². The molecule has 0 saturated heterocycles. The second-order valence-electron chi connectivity index (χ2n) is 8.60. The van der Waals surface area contributed by atoms with Crippen molar-refractivity contribution in [2.24, 2.45) is 7.05 Å². The molecule has 7 nitrogen and oxygen atoms in total. The maximum Gasteiger partial charge on any atom is 0.359 e. The topological polar surface area (TPSA) is 76.6 Å². The molecular formula is C27H23N6O+. The number of hydrogen-bond acceptors (Lipinski definition) is 5. The first-order chi connectivity index (χ1) is 16.7. The van der Waals surface area contributed by atoms with Crippen LogP contribution in [0.3, 0.4) is 0 Å². The van der Waals surface area contributed by atoms with Crippen LogP contribution < -0.4 is 9.88 Å². The van der Waals surface area contributed by atoms with E-state index < -0.39 is 0 Å². The Morgan fingerprint density at radius 2 is 1.74 bits per heavy atom. The molecule has 3 aromatic carbocycles. The molecule has 0 fully saturated rings. The van der Waals surface area contributed by atoms with Crippen molar-refractivity contribution in [1.82, 2.24) is 20.0 Å². The van der Waals surface area contributed by atoms with Crippen molar-refractivity contribution < 1.29 is 9.36 Å². The third-order valence-electron chi connectivity index (χ3n) is 6.27. The molecule has 0 radical (unpaired) electrons. The number of carbonyl (C=O) groups excluding carboxylic acids is 1. The largest absolute Gasteiger partial charge is 0.359 e. The molecule has 0 bridgehead atoms. The van der Waals surface area contributed by atoms with Crippen LogP contribution in [-0.2, 0) is 19.9 Å². The van der Waals surface area contributed by atoms with E-state index in [9.17, 15) is 4.79 Å². The number of carbonyl (C=O) groups is 1. The smallest absolute Gasteiger partial charge is 0.258 e. The van der Waals surface area contributed by atoms with E-state index in [-0.39, 0.29) is 11.9 Å². The summed E-state index contributed by atoms with van der Waals surface area (Å²) < 4.78 is 3.48. The van der Waals surface area contributed by atoms with Gasteiger partial charge in [0.25, 0.3) is 0 Å². The van der Waals surface area contributed by atoms with Crippen LogP contribution in [0.25, 0.3) is 22.3 Å². The number of aryl methyl sites for hydroxylation is 1. The summed E-state index contributed by atoms with van der Waals surface area (Å²) in [5.41, 5.74) is 6.60. The Bertz CT molecular complexity index is 1510. The molecule has 0 amide bonds. The Morgan fingerprint density at radius 3 is 2.53 bits per heavy atom. The molecule has 2 aromatic heterocycles. The number of anilines is 1. The van der Waals surface area contributed by atoms with Crippen molar-refractivity contribution in [3.63, 3.8) is 0 Å². The summed E-state index contributed by atoms with van der Waals surface area (Å²) >= 11 is 0. The Balaban J connectivity index is 1.37. The fourth-order valence-corrected chi connectivity index (χ4v) is 4.52. The molecule has 1 N–H and O–H groups in total. The summed E-state index contributed by atoms with van der Waals surface area (Å²) in [6.45, 7) is 0. The highest BCUT2D eigenvalue weighted by atomic mass is 16.2. The normalized spacial score (nSPS) is 14.9. The van der Waals surface area contributed by atoms with Gasteiger partial charge in [0.15, 0.2) is 6.04 Å². The van der Waals surface area contributed by atoms with E-state index in [0.29, 0.717) is 12.8 Å². The van der Waals surface area contributed by atoms with Gasteiger partial charge in [0.05, 0.1) is 5.52 Å². The predicted molar refractivity (Wildman–Crippen MR) is 129 cm³/mol. The average molecular weight is 448 g/mol. The Hall–Kier alpha value is -4.39. The third kappa shape index (κ3) is 3.61.